The number of sulfonamides is 1. The molecular weight excluding hydrogens is 376 g/mol. The zero-order valence-corrected chi connectivity index (χ0v) is 18.0. The summed E-state index contributed by atoms with van der Waals surface area (Å²) < 4.78 is 28.3. The average molecular weight is 407 g/mol. The second-order valence-corrected chi connectivity index (χ2v) is 8.80. The van der Waals surface area contributed by atoms with Gasteiger partial charge in [-0.25, -0.2) is 8.42 Å². The van der Waals surface area contributed by atoms with Crippen molar-refractivity contribution in [3.63, 3.8) is 0 Å². The largest absolute Gasteiger partial charge is 0.349 e. The SMILES string of the molecule is CCN(CC)S(=O)(=O)c1cc(C(=O)NCC(c2ccccc2)N(C)C)n(C)c1. The maximum atomic E-state index is 12.7. The van der Waals surface area contributed by atoms with Gasteiger partial charge in [0.2, 0.25) is 10.0 Å². The molecule has 0 fully saturated rings. The zero-order valence-electron chi connectivity index (χ0n) is 17.2. The Morgan fingerprint density at radius 2 is 1.75 bits per heavy atom. The molecular formula is C20H30N4O3S. The van der Waals surface area contributed by atoms with Gasteiger partial charge in [0.25, 0.3) is 5.91 Å². The Bertz CT molecular complexity index is 887. The Balaban J connectivity index is 2.18. The summed E-state index contributed by atoms with van der Waals surface area (Å²) in [4.78, 5) is 14.9. The van der Waals surface area contributed by atoms with Crippen LogP contribution in [0.1, 0.15) is 35.9 Å². The highest BCUT2D eigenvalue weighted by atomic mass is 32.2. The molecule has 0 saturated heterocycles. The number of nitrogens with zero attached hydrogens (tertiary/aromatic N) is 3. The lowest BCUT2D eigenvalue weighted by Crippen LogP contribution is -2.35. The Morgan fingerprint density at radius 1 is 1.14 bits per heavy atom. The number of carbonyl (C=O) groups is 1. The third kappa shape index (κ3) is 4.81. The van der Waals surface area contributed by atoms with E-state index in [2.05, 4.69) is 5.32 Å². The lowest BCUT2D eigenvalue weighted by atomic mass is 10.1. The average Bonchev–Trinajstić information content (AvgIpc) is 3.06. The first-order chi connectivity index (χ1) is 13.2. The molecule has 0 aliphatic rings. The van der Waals surface area contributed by atoms with Crippen molar-refractivity contribution in [1.82, 2.24) is 19.1 Å². The van der Waals surface area contributed by atoms with Crippen LogP contribution in [0.5, 0.6) is 0 Å². The molecule has 1 atom stereocenters. The minimum absolute atomic E-state index is 0.0179. The fourth-order valence-corrected chi connectivity index (χ4v) is 4.70. The van der Waals surface area contributed by atoms with Crippen LogP contribution in [-0.2, 0) is 17.1 Å². The van der Waals surface area contributed by atoms with E-state index < -0.39 is 10.0 Å². The number of carbonyl (C=O) groups excluding carboxylic acids is 1. The zero-order chi connectivity index (χ0) is 20.9. The summed E-state index contributed by atoms with van der Waals surface area (Å²) in [6, 6.07) is 11.4. The lowest BCUT2D eigenvalue weighted by Gasteiger charge is -2.25. The molecule has 154 valence electrons. The first kappa shape index (κ1) is 22.1. The number of aromatic nitrogens is 1. The molecule has 28 heavy (non-hydrogen) atoms. The van der Waals surface area contributed by atoms with Crippen LogP contribution in [0, 0.1) is 0 Å². The standard InChI is InChI=1S/C20H30N4O3S/c1-6-24(7-2)28(26,27)17-13-18(23(5)15-17)20(25)21-14-19(22(3)4)16-11-9-8-10-12-16/h8-13,15,19H,6-7,14H2,1-5H3,(H,21,25). The third-order valence-electron chi connectivity index (χ3n) is 4.82. The van der Waals surface area contributed by atoms with Gasteiger partial charge >= 0.3 is 0 Å². The first-order valence-electron chi connectivity index (χ1n) is 9.38. The van der Waals surface area contributed by atoms with Crippen molar-refractivity contribution in [2.24, 2.45) is 7.05 Å². The molecule has 1 aromatic carbocycles. The first-order valence-corrected chi connectivity index (χ1v) is 10.8. The third-order valence-corrected chi connectivity index (χ3v) is 6.83. The van der Waals surface area contributed by atoms with Crippen molar-refractivity contribution >= 4 is 15.9 Å². The Labute approximate surface area is 168 Å². The number of hydrogen-bond donors (Lipinski definition) is 1. The fourth-order valence-electron chi connectivity index (χ4n) is 3.17. The second kappa shape index (κ2) is 9.36. The number of likely N-dealkylation sites (N-methyl/N-ethyl adjacent to an activating group) is 1. The summed E-state index contributed by atoms with van der Waals surface area (Å²) in [6.45, 7) is 4.78. The van der Waals surface area contributed by atoms with Crippen LogP contribution in [0.15, 0.2) is 47.5 Å². The van der Waals surface area contributed by atoms with Crippen LogP contribution in [0.2, 0.25) is 0 Å². The van der Waals surface area contributed by atoms with Crippen molar-refractivity contribution in [3.8, 4) is 0 Å². The summed E-state index contributed by atoms with van der Waals surface area (Å²) in [6.07, 6.45) is 1.49. The van der Waals surface area contributed by atoms with E-state index in [4.69, 9.17) is 0 Å². The van der Waals surface area contributed by atoms with Gasteiger partial charge in [0.1, 0.15) is 10.6 Å². The van der Waals surface area contributed by atoms with Gasteiger partial charge in [-0.05, 0) is 25.7 Å². The van der Waals surface area contributed by atoms with Gasteiger partial charge in [-0.15, -0.1) is 0 Å². The van der Waals surface area contributed by atoms with Gasteiger partial charge in [0, 0.05) is 32.9 Å². The summed E-state index contributed by atoms with van der Waals surface area (Å²) in [5, 5.41) is 2.93. The summed E-state index contributed by atoms with van der Waals surface area (Å²) in [5.74, 6) is -0.300. The van der Waals surface area contributed by atoms with E-state index in [0.717, 1.165) is 5.56 Å². The van der Waals surface area contributed by atoms with Gasteiger partial charge in [-0.2, -0.15) is 4.31 Å². The quantitative estimate of drug-likeness (QED) is 0.692. The van der Waals surface area contributed by atoms with Gasteiger partial charge in [0.05, 0.1) is 6.04 Å². The molecule has 1 N–H and O–H groups in total. The molecule has 0 aliphatic heterocycles. The number of amides is 1. The molecule has 0 spiro atoms. The van der Waals surface area contributed by atoms with E-state index >= 15 is 0 Å². The van der Waals surface area contributed by atoms with Crippen molar-refractivity contribution in [2.45, 2.75) is 24.8 Å². The number of aryl methyl sites for hydroxylation is 1. The monoisotopic (exact) mass is 406 g/mol. The van der Waals surface area contributed by atoms with E-state index in [1.54, 1.807) is 25.5 Å². The molecule has 1 unspecified atom stereocenters. The van der Waals surface area contributed by atoms with Gasteiger partial charge in [-0.1, -0.05) is 44.2 Å². The fraction of sp³-hybridized carbons (Fsp3) is 0.450. The highest BCUT2D eigenvalue weighted by Gasteiger charge is 2.25. The highest BCUT2D eigenvalue weighted by molar-refractivity contribution is 7.89. The number of hydrogen-bond acceptors (Lipinski definition) is 4. The van der Waals surface area contributed by atoms with Gasteiger partial charge in [0.15, 0.2) is 0 Å². The van der Waals surface area contributed by atoms with Crippen LogP contribution in [0.3, 0.4) is 0 Å². The molecule has 0 radical (unpaired) electrons. The molecule has 0 saturated carbocycles. The van der Waals surface area contributed by atoms with Gasteiger partial charge in [-0.3, -0.25) is 4.79 Å². The summed E-state index contributed by atoms with van der Waals surface area (Å²) in [7, 11) is 2.00. The Morgan fingerprint density at radius 3 is 2.29 bits per heavy atom. The minimum Gasteiger partial charge on any atom is -0.349 e. The van der Waals surface area contributed by atoms with Crippen LogP contribution in [0.25, 0.3) is 0 Å². The number of rotatable bonds is 9. The summed E-state index contributed by atoms with van der Waals surface area (Å²) in [5.41, 5.74) is 1.42. The van der Waals surface area contributed by atoms with Crippen molar-refractivity contribution in [1.29, 1.82) is 0 Å². The van der Waals surface area contributed by atoms with E-state index in [1.165, 1.54) is 16.6 Å². The van der Waals surface area contributed by atoms with Crippen LogP contribution in [0.4, 0.5) is 0 Å². The van der Waals surface area contributed by atoms with E-state index in [9.17, 15) is 13.2 Å². The molecule has 1 heterocycles. The maximum absolute atomic E-state index is 12.7. The van der Waals surface area contributed by atoms with E-state index in [0.29, 0.717) is 25.3 Å². The van der Waals surface area contributed by atoms with Crippen LogP contribution < -0.4 is 5.32 Å². The highest BCUT2D eigenvalue weighted by Crippen LogP contribution is 2.20. The molecule has 8 heteroatoms. The number of benzene rings is 1. The lowest BCUT2D eigenvalue weighted by molar-refractivity contribution is 0.0933. The predicted octanol–water partition coefficient (Wildman–Crippen LogP) is 2.09. The smallest absolute Gasteiger partial charge is 0.268 e. The topological polar surface area (TPSA) is 74.7 Å². The second-order valence-electron chi connectivity index (χ2n) is 6.86. The molecule has 1 aromatic heterocycles. The normalized spacial score (nSPS) is 13.1. The van der Waals surface area contributed by atoms with Crippen molar-refractivity contribution in [3.05, 3.63) is 53.9 Å². The summed E-state index contributed by atoms with van der Waals surface area (Å²) >= 11 is 0. The predicted molar refractivity (Wildman–Crippen MR) is 111 cm³/mol. The van der Waals surface area contributed by atoms with Crippen molar-refractivity contribution < 1.29 is 13.2 Å². The molecule has 7 nitrogen and oxygen atoms in total. The molecule has 0 aliphatic carbocycles. The maximum Gasteiger partial charge on any atom is 0.268 e. The Hall–Kier alpha value is -2.16. The van der Waals surface area contributed by atoms with Crippen LogP contribution >= 0.6 is 0 Å². The minimum atomic E-state index is -3.60. The van der Waals surface area contributed by atoms with E-state index in [1.807, 2.05) is 49.3 Å². The van der Waals surface area contributed by atoms with Crippen molar-refractivity contribution in [2.75, 3.05) is 33.7 Å². The molecule has 2 aromatic rings. The molecule has 1 amide bonds. The van der Waals surface area contributed by atoms with E-state index in [-0.39, 0.29) is 16.8 Å². The molecule has 2 rings (SSSR count). The molecule has 0 bridgehead atoms. The Kier molecular flexibility index (Phi) is 7.40. The van der Waals surface area contributed by atoms with Gasteiger partial charge < -0.3 is 14.8 Å². The van der Waals surface area contributed by atoms with Crippen LogP contribution in [-0.4, -0.2) is 61.8 Å². The number of nitrogens with one attached hydrogen (secondary N) is 1.